The maximum atomic E-state index is 11.6. The number of likely N-dealkylation sites (tertiary alicyclic amines) is 1. The van der Waals surface area contributed by atoms with E-state index in [1.54, 1.807) is 0 Å². The van der Waals surface area contributed by atoms with Crippen LogP contribution in [0.2, 0.25) is 0 Å². The Bertz CT molecular complexity index is 441. The molecule has 1 aliphatic heterocycles. The van der Waals surface area contributed by atoms with Gasteiger partial charge in [-0.05, 0) is 19.3 Å². The maximum Gasteiger partial charge on any atom is 0.321 e. The van der Waals surface area contributed by atoms with E-state index in [2.05, 4.69) is 15.5 Å². The van der Waals surface area contributed by atoms with Gasteiger partial charge in [0.25, 0.3) is 0 Å². The van der Waals surface area contributed by atoms with E-state index < -0.39 is 0 Å². The fraction of sp³-hybridized carbons (Fsp3) is 0.750. The van der Waals surface area contributed by atoms with E-state index in [-0.39, 0.29) is 11.9 Å². The van der Waals surface area contributed by atoms with Crippen LogP contribution < -0.4 is 5.32 Å². The Kier molecular flexibility index (Phi) is 2.93. The van der Waals surface area contributed by atoms with Gasteiger partial charge in [0.1, 0.15) is 0 Å². The van der Waals surface area contributed by atoms with E-state index in [4.69, 9.17) is 4.52 Å². The third-order valence-electron chi connectivity index (χ3n) is 3.56. The fourth-order valence-corrected chi connectivity index (χ4v) is 2.30. The van der Waals surface area contributed by atoms with E-state index in [0.717, 1.165) is 25.3 Å². The second kappa shape index (κ2) is 4.59. The molecule has 0 aromatic carbocycles. The van der Waals surface area contributed by atoms with Crippen molar-refractivity contribution in [2.45, 2.75) is 44.6 Å². The lowest BCUT2D eigenvalue weighted by molar-refractivity contribution is -0.129. The van der Waals surface area contributed by atoms with E-state index in [0.29, 0.717) is 18.4 Å². The molecule has 1 aliphatic carbocycles. The normalized spacial score (nSPS) is 23.4. The molecule has 1 N–H and O–H groups in total. The van der Waals surface area contributed by atoms with E-state index in [9.17, 15) is 4.79 Å². The van der Waals surface area contributed by atoms with Gasteiger partial charge in [-0.15, -0.1) is 0 Å². The first-order valence-electron chi connectivity index (χ1n) is 6.64. The topological polar surface area (TPSA) is 71.3 Å². The second-order valence-corrected chi connectivity index (χ2v) is 5.06. The molecule has 1 unspecified atom stereocenters. The first kappa shape index (κ1) is 11.5. The summed E-state index contributed by atoms with van der Waals surface area (Å²) >= 11 is 0. The summed E-state index contributed by atoms with van der Waals surface area (Å²) in [7, 11) is 0. The highest BCUT2D eigenvalue weighted by Gasteiger charge is 2.30. The van der Waals surface area contributed by atoms with Crippen LogP contribution in [0.4, 0.5) is 6.01 Å². The molecular weight excluding hydrogens is 232 g/mol. The third kappa shape index (κ3) is 2.32. The van der Waals surface area contributed by atoms with Gasteiger partial charge in [0.2, 0.25) is 5.91 Å². The fourth-order valence-electron chi connectivity index (χ4n) is 2.30. The Labute approximate surface area is 106 Å². The molecule has 6 nitrogen and oxygen atoms in total. The smallest absolute Gasteiger partial charge is 0.321 e. The van der Waals surface area contributed by atoms with Crippen LogP contribution in [0, 0.1) is 0 Å². The molecular formula is C12H18N4O2. The van der Waals surface area contributed by atoms with Crippen LogP contribution in [0.5, 0.6) is 0 Å². The van der Waals surface area contributed by atoms with Crippen molar-refractivity contribution >= 4 is 11.9 Å². The molecule has 0 bridgehead atoms. The minimum Gasteiger partial charge on any atom is -0.341 e. The lowest BCUT2D eigenvalue weighted by atomic mass is 10.3. The summed E-state index contributed by atoms with van der Waals surface area (Å²) in [4.78, 5) is 17.8. The summed E-state index contributed by atoms with van der Waals surface area (Å²) in [5, 5.41) is 7.18. The van der Waals surface area contributed by atoms with Gasteiger partial charge in [-0.25, -0.2) is 0 Å². The van der Waals surface area contributed by atoms with Crippen LogP contribution in [0.3, 0.4) is 0 Å². The quantitative estimate of drug-likeness (QED) is 0.873. The largest absolute Gasteiger partial charge is 0.341 e. The highest BCUT2D eigenvalue weighted by Crippen LogP contribution is 2.38. The summed E-state index contributed by atoms with van der Waals surface area (Å²) in [6.07, 6.45) is 3.84. The van der Waals surface area contributed by atoms with Crippen molar-refractivity contribution in [1.29, 1.82) is 0 Å². The van der Waals surface area contributed by atoms with Crippen LogP contribution >= 0.6 is 0 Å². The van der Waals surface area contributed by atoms with Crippen LogP contribution in [0.1, 0.15) is 44.3 Å². The number of hydrogen-bond acceptors (Lipinski definition) is 5. The Morgan fingerprint density at radius 1 is 1.50 bits per heavy atom. The Balaban J connectivity index is 1.55. The highest BCUT2D eigenvalue weighted by molar-refractivity contribution is 5.76. The number of hydrogen-bond donors (Lipinski definition) is 1. The number of nitrogens with zero attached hydrogens (tertiary/aromatic N) is 3. The summed E-state index contributed by atoms with van der Waals surface area (Å²) in [5.41, 5.74) is 0. The molecule has 0 radical (unpaired) electrons. The van der Waals surface area contributed by atoms with Gasteiger partial charge in [0, 0.05) is 31.5 Å². The first-order chi connectivity index (χ1) is 8.76. The lowest BCUT2D eigenvalue weighted by Gasteiger charge is -2.15. The van der Waals surface area contributed by atoms with E-state index in [1.807, 2.05) is 11.8 Å². The first-order valence-corrected chi connectivity index (χ1v) is 6.64. The number of nitrogens with one attached hydrogen (secondary N) is 1. The van der Waals surface area contributed by atoms with Crippen molar-refractivity contribution < 1.29 is 9.32 Å². The highest BCUT2D eigenvalue weighted by atomic mass is 16.5. The Hall–Kier alpha value is -1.59. The van der Waals surface area contributed by atoms with Crippen molar-refractivity contribution in [3.8, 4) is 0 Å². The molecule has 1 aromatic rings. The van der Waals surface area contributed by atoms with E-state index in [1.165, 1.54) is 12.8 Å². The third-order valence-corrected chi connectivity index (χ3v) is 3.56. The minimum atomic E-state index is 0.212. The predicted molar refractivity (Wildman–Crippen MR) is 65.2 cm³/mol. The Morgan fingerprint density at radius 3 is 3.06 bits per heavy atom. The van der Waals surface area contributed by atoms with Crippen molar-refractivity contribution in [1.82, 2.24) is 15.0 Å². The Morgan fingerprint density at radius 2 is 2.33 bits per heavy atom. The monoisotopic (exact) mass is 250 g/mol. The van der Waals surface area contributed by atoms with Gasteiger partial charge >= 0.3 is 6.01 Å². The van der Waals surface area contributed by atoms with Gasteiger partial charge < -0.3 is 14.7 Å². The van der Waals surface area contributed by atoms with Gasteiger partial charge in [0.05, 0.1) is 0 Å². The van der Waals surface area contributed by atoms with Crippen molar-refractivity contribution in [3.63, 3.8) is 0 Å². The number of rotatable bonds is 4. The zero-order valence-corrected chi connectivity index (χ0v) is 10.6. The molecule has 2 aliphatic rings. The van der Waals surface area contributed by atoms with Crippen LogP contribution in [-0.4, -0.2) is 40.1 Å². The molecule has 2 heterocycles. The van der Waals surface area contributed by atoms with Crippen LogP contribution in [0.15, 0.2) is 4.52 Å². The average Bonchev–Trinajstić information content (AvgIpc) is 2.96. The zero-order chi connectivity index (χ0) is 12.5. The predicted octanol–water partition coefficient (Wildman–Crippen LogP) is 1.37. The second-order valence-electron chi connectivity index (χ2n) is 5.06. The van der Waals surface area contributed by atoms with Gasteiger partial charge in [-0.1, -0.05) is 12.1 Å². The lowest BCUT2D eigenvalue weighted by Crippen LogP contribution is -2.30. The maximum absolute atomic E-state index is 11.6. The molecule has 6 heteroatoms. The van der Waals surface area contributed by atoms with Crippen molar-refractivity contribution in [3.05, 3.63) is 5.82 Å². The molecule has 2 fully saturated rings. The molecule has 3 rings (SSSR count). The zero-order valence-electron chi connectivity index (χ0n) is 10.6. The molecule has 98 valence electrons. The molecule has 1 atom stereocenters. The van der Waals surface area contributed by atoms with Crippen molar-refractivity contribution in [2.75, 3.05) is 18.4 Å². The minimum absolute atomic E-state index is 0.212. The summed E-state index contributed by atoms with van der Waals surface area (Å²) in [6.45, 7) is 3.44. The molecule has 1 aromatic heterocycles. The SMILES string of the molecule is CCC(=O)N1CCC(Nc2nc(C3CC3)no2)C1. The van der Waals surface area contributed by atoms with Gasteiger partial charge in [-0.3, -0.25) is 4.79 Å². The van der Waals surface area contributed by atoms with Crippen molar-refractivity contribution in [2.24, 2.45) is 0 Å². The average molecular weight is 250 g/mol. The summed E-state index contributed by atoms with van der Waals surface area (Å²) in [5.74, 6) is 1.53. The number of carbonyl (C=O) groups excluding carboxylic acids is 1. The van der Waals surface area contributed by atoms with Gasteiger partial charge in [-0.2, -0.15) is 4.98 Å². The molecule has 1 saturated heterocycles. The molecule has 1 saturated carbocycles. The standard InChI is InChI=1S/C12H18N4O2/c1-2-10(17)16-6-5-9(7-16)13-12-14-11(15-18-12)8-3-4-8/h8-9H,2-7H2,1H3,(H,13,14,15). The van der Waals surface area contributed by atoms with Crippen LogP contribution in [0.25, 0.3) is 0 Å². The summed E-state index contributed by atoms with van der Waals surface area (Å²) < 4.78 is 5.17. The number of aromatic nitrogens is 2. The molecule has 18 heavy (non-hydrogen) atoms. The number of carbonyl (C=O) groups is 1. The molecule has 1 amide bonds. The number of anilines is 1. The molecule has 0 spiro atoms. The van der Waals surface area contributed by atoms with Crippen LogP contribution in [-0.2, 0) is 4.79 Å². The van der Waals surface area contributed by atoms with E-state index >= 15 is 0 Å². The summed E-state index contributed by atoms with van der Waals surface area (Å²) in [6, 6.07) is 0.723. The number of amides is 1. The van der Waals surface area contributed by atoms with Gasteiger partial charge in [0.15, 0.2) is 5.82 Å².